The van der Waals surface area contributed by atoms with Crippen LogP contribution in [0.3, 0.4) is 0 Å². The van der Waals surface area contributed by atoms with Crippen LogP contribution in [0.5, 0.6) is 5.75 Å². The first-order valence-corrected chi connectivity index (χ1v) is 12.3. The molecule has 184 valence electrons. The molecule has 0 spiro atoms. The van der Waals surface area contributed by atoms with Gasteiger partial charge >= 0.3 is 0 Å². The molecule has 1 N–H and O–H groups in total. The average molecular weight is 513 g/mol. The van der Waals surface area contributed by atoms with Crippen LogP contribution < -0.4 is 10.1 Å². The smallest absolute Gasteiger partial charge is 0.261 e. The monoisotopic (exact) mass is 512 g/mol. The van der Waals surface area contributed by atoms with E-state index in [9.17, 15) is 9.59 Å². The summed E-state index contributed by atoms with van der Waals surface area (Å²) >= 11 is 12.3. The predicted molar refractivity (Wildman–Crippen MR) is 141 cm³/mol. The number of nitrogens with one attached hydrogen (secondary N) is 1. The van der Waals surface area contributed by atoms with Gasteiger partial charge in [-0.2, -0.15) is 0 Å². The van der Waals surface area contributed by atoms with Gasteiger partial charge in [0.25, 0.3) is 5.91 Å². The van der Waals surface area contributed by atoms with Gasteiger partial charge in [0.2, 0.25) is 5.91 Å². The molecule has 0 aromatic heterocycles. The van der Waals surface area contributed by atoms with Gasteiger partial charge in [0.15, 0.2) is 6.61 Å². The third-order valence-electron chi connectivity index (χ3n) is 5.87. The van der Waals surface area contributed by atoms with Gasteiger partial charge in [0.1, 0.15) is 11.8 Å². The Morgan fingerprint density at radius 3 is 2.37 bits per heavy atom. The molecule has 0 radical (unpaired) electrons. The molecule has 0 fully saturated rings. The number of amides is 2. The Morgan fingerprint density at radius 1 is 0.943 bits per heavy atom. The first-order valence-electron chi connectivity index (χ1n) is 11.5. The van der Waals surface area contributed by atoms with Gasteiger partial charge in [-0.3, -0.25) is 9.59 Å². The number of likely N-dealkylation sites (N-methyl/N-ethyl adjacent to an activating group) is 1. The molecule has 3 aromatic carbocycles. The summed E-state index contributed by atoms with van der Waals surface area (Å²) in [5.74, 6) is 0.117. The Morgan fingerprint density at radius 2 is 1.69 bits per heavy atom. The molecule has 0 saturated carbocycles. The molecule has 0 saturated heterocycles. The van der Waals surface area contributed by atoms with Crippen molar-refractivity contribution in [3.63, 3.8) is 0 Å². The zero-order valence-corrected chi connectivity index (χ0v) is 21.7. The lowest BCUT2D eigenvalue weighted by Gasteiger charge is -2.31. The number of ether oxygens (including phenoxy) is 1. The second-order valence-electron chi connectivity index (χ2n) is 8.36. The molecule has 0 aliphatic heterocycles. The van der Waals surface area contributed by atoms with Crippen molar-refractivity contribution in [3.05, 3.63) is 99.0 Å². The van der Waals surface area contributed by atoms with Crippen molar-refractivity contribution in [1.82, 2.24) is 10.2 Å². The first-order chi connectivity index (χ1) is 16.8. The number of carbonyl (C=O) groups excluding carboxylic acids is 2. The topological polar surface area (TPSA) is 58.6 Å². The molecule has 1 atom stereocenters. The highest BCUT2D eigenvalue weighted by Gasteiger charge is 2.30. The van der Waals surface area contributed by atoms with Crippen LogP contribution in [0, 0.1) is 13.8 Å². The molecular weight excluding hydrogens is 483 g/mol. The molecule has 5 nitrogen and oxygen atoms in total. The van der Waals surface area contributed by atoms with Crippen LogP contribution in [0.4, 0.5) is 0 Å². The third-order valence-corrected chi connectivity index (χ3v) is 6.60. The van der Waals surface area contributed by atoms with Gasteiger partial charge in [-0.05, 0) is 61.2 Å². The number of aryl methyl sites for hydroxylation is 1. The molecule has 3 aromatic rings. The van der Waals surface area contributed by atoms with Crippen molar-refractivity contribution in [2.45, 2.75) is 39.8 Å². The molecule has 0 aliphatic rings. The van der Waals surface area contributed by atoms with E-state index in [0.717, 1.165) is 22.3 Å². The van der Waals surface area contributed by atoms with E-state index in [1.54, 1.807) is 23.1 Å². The second kappa shape index (κ2) is 12.6. The van der Waals surface area contributed by atoms with Crippen LogP contribution in [0.2, 0.25) is 10.0 Å². The summed E-state index contributed by atoms with van der Waals surface area (Å²) in [6.07, 6.45) is 0.364. The highest BCUT2D eigenvalue weighted by Crippen LogP contribution is 2.25. The van der Waals surface area contributed by atoms with E-state index in [1.807, 2.05) is 69.3 Å². The number of rotatable bonds is 10. The molecule has 0 aliphatic carbocycles. The molecule has 2 amide bonds. The maximum absolute atomic E-state index is 13.6. The van der Waals surface area contributed by atoms with Crippen molar-refractivity contribution in [3.8, 4) is 5.75 Å². The van der Waals surface area contributed by atoms with Crippen LogP contribution in [0.25, 0.3) is 0 Å². The van der Waals surface area contributed by atoms with Crippen molar-refractivity contribution in [2.24, 2.45) is 0 Å². The number of halogens is 2. The minimum absolute atomic E-state index is 0.181. The molecule has 0 bridgehead atoms. The molecule has 7 heteroatoms. The van der Waals surface area contributed by atoms with E-state index in [0.29, 0.717) is 28.8 Å². The summed E-state index contributed by atoms with van der Waals surface area (Å²) in [6.45, 7) is 6.24. The van der Waals surface area contributed by atoms with E-state index in [4.69, 9.17) is 27.9 Å². The minimum atomic E-state index is -0.735. The van der Waals surface area contributed by atoms with Crippen LogP contribution in [0.15, 0.2) is 66.7 Å². The molecular formula is C28H30Cl2N2O3. The van der Waals surface area contributed by atoms with E-state index < -0.39 is 6.04 Å². The van der Waals surface area contributed by atoms with Crippen LogP contribution in [0.1, 0.15) is 29.2 Å². The minimum Gasteiger partial charge on any atom is -0.483 e. The summed E-state index contributed by atoms with van der Waals surface area (Å²) in [6, 6.07) is 19.8. The van der Waals surface area contributed by atoms with Gasteiger partial charge in [0.05, 0.1) is 10.0 Å². The Hall–Kier alpha value is -3.02. The zero-order valence-electron chi connectivity index (χ0n) is 20.2. The summed E-state index contributed by atoms with van der Waals surface area (Å²) in [4.78, 5) is 28.3. The van der Waals surface area contributed by atoms with Gasteiger partial charge in [-0.15, -0.1) is 0 Å². The zero-order chi connectivity index (χ0) is 25.4. The van der Waals surface area contributed by atoms with E-state index >= 15 is 0 Å². The largest absolute Gasteiger partial charge is 0.483 e. The van der Waals surface area contributed by atoms with Crippen LogP contribution in [-0.4, -0.2) is 35.9 Å². The molecule has 35 heavy (non-hydrogen) atoms. The van der Waals surface area contributed by atoms with Crippen molar-refractivity contribution in [2.75, 3.05) is 13.2 Å². The van der Waals surface area contributed by atoms with Crippen molar-refractivity contribution >= 4 is 35.0 Å². The molecule has 0 heterocycles. The lowest BCUT2D eigenvalue weighted by atomic mass is 10.0. The number of benzene rings is 3. The third kappa shape index (κ3) is 7.23. The van der Waals surface area contributed by atoms with Gasteiger partial charge in [-0.25, -0.2) is 0 Å². The Bertz CT molecular complexity index is 1170. The maximum atomic E-state index is 13.6. The Kier molecular flexibility index (Phi) is 9.58. The summed E-state index contributed by atoms with van der Waals surface area (Å²) in [7, 11) is 0. The second-order valence-corrected chi connectivity index (χ2v) is 9.17. The average Bonchev–Trinajstić information content (AvgIpc) is 2.85. The van der Waals surface area contributed by atoms with Gasteiger partial charge < -0.3 is 15.0 Å². The predicted octanol–water partition coefficient (Wildman–Crippen LogP) is 5.77. The fourth-order valence-corrected chi connectivity index (χ4v) is 4.10. The normalized spacial score (nSPS) is 11.6. The SMILES string of the molecule is CCNC(=O)C(Cc1ccccc1)N(Cc1ccc(Cl)c(Cl)c1)C(=O)COc1cccc(C)c1C. The lowest BCUT2D eigenvalue weighted by Crippen LogP contribution is -2.51. The summed E-state index contributed by atoms with van der Waals surface area (Å²) < 4.78 is 5.91. The summed E-state index contributed by atoms with van der Waals surface area (Å²) in [5, 5.41) is 3.69. The Balaban J connectivity index is 1.93. The Labute approximate surface area is 217 Å². The summed E-state index contributed by atoms with van der Waals surface area (Å²) in [5.41, 5.74) is 3.76. The number of carbonyl (C=O) groups is 2. The molecule has 3 rings (SSSR count). The quantitative estimate of drug-likeness (QED) is 0.375. The van der Waals surface area contributed by atoms with Crippen LogP contribution >= 0.6 is 23.2 Å². The van der Waals surface area contributed by atoms with Crippen LogP contribution in [-0.2, 0) is 22.6 Å². The maximum Gasteiger partial charge on any atom is 0.261 e. The fraction of sp³-hybridized carbons (Fsp3) is 0.286. The highest BCUT2D eigenvalue weighted by molar-refractivity contribution is 6.42. The number of hydrogen-bond acceptors (Lipinski definition) is 3. The van der Waals surface area contributed by atoms with Crippen molar-refractivity contribution < 1.29 is 14.3 Å². The van der Waals surface area contributed by atoms with E-state index in [2.05, 4.69) is 5.32 Å². The van der Waals surface area contributed by atoms with Gasteiger partial charge in [0, 0.05) is 19.5 Å². The van der Waals surface area contributed by atoms with E-state index in [-0.39, 0.29) is 25.0 Å². The highest BCUT2D eigenvalue weighted by atomic mass is 35.5. The standard InChI is InChI=1S/C28H30Cl2N2O3/c1-4-31-28(34)25(16-21-10-6-5-7-11-21)32(17-22-13-14-23(29)24(30)15-22)27(33)18-35-26-12-8-9-19(2)20(26)3/h5-15,25H,4,16-18H2,1-3H3,(H,31,34). The first kappa shape index (κ1) is 26.6. The van der Waals surface area contributed by atoms with Gasteiger partial charge in [-0.1, -0.05) is 71.7 Å². The van der Waals surface area contributed by atoms with E-state index in [1.165, 1.54) is 0 Å². The number of hydrogen-bond donors (Lipinski definition) is 1. The lowest BCUT2D eigenvalue weighted by molar-refractivity contribution is -0.142. The van der Waals surface area contributed by atoms with Crippen molar-refractivity contribution in [1.29, 1.82) is 0 Å². The fourth-order valence-electron chi connectivity index (χ4n) is 3.78. The number of nitrogens with zero attached hydrogens (tertiary/aromatic N) is 1. The molecule has 1 unspecified atom stereocenters.